The average Bonchev–Trinajstić information content (AvgIpc) is 2.88. The Morgan fingerprint density at radius 3 is 2.70 bits per heavy atom. The van der Waals surface area contributed by atoms with Crippen molar-refractivity contribution >= 4 is 33.0 Å². The van der Waals surface area contributed by atoms with Crippen molar-refractivity contribution in [3.05, 3.63) is 56.7 Å². The number of Topliss-reactive ketones (excluding diaryl/α,β-unsaturated/α-hetero) is 1. The lowest BCUT2D eigenvalue weighted by Crippen LogP contribution is -2.25. The van der Waals surface area contributed by atoms with Crippen LogP contribution < -0.4 is 0 Å². The van der Waals surface area contributed by atoms with E-state index in [-0.39, 0.29) is 5.92 Å². The van der Waals surface area contributed by atoms with Crippen molar-refractivity contribution in [3.63, 3.8) is 0 Å². The molecule has 1 saturated carbocycles. The molecule has 1 heterocycles. The molecule has 20 heavy (non-hydrogen) atoms. The Morgan fingerprint density at radius 1 is 1.20 bits per heavy atom. The lowest BCUT2D eigenvalue weighted by atomic mass is 9.76. The minimum absolute atomic E-state index is 0.184. The Kier molecular flexibility index (Phi) is 4.37. The molecule has 1 nitrogen and oxygen atoms in total. The molecule has 0 bridgehead atoms. The Morgan fingerprint density at radius 2 is 2.00 bits per heavy atom. The molecule has 3 rings (SSSR count). The lowest BCUT2D eigenvalue weighted by Gasteiger charge is -2.28. The molecule has 0 radical (unpaired) electrons. The topological polar surface area (TPSA) is 17.1 Å². The van der Waals surface area contributed by atoms with Crippen LogP contribution in [-0.2, 0) is 11.2 Å². The first kappa shape index (κ1) is 14.0. The van der Waals surface area contributed by atoms with Gasteiger partial charge in [-0.1, -0.05) is 30.3 Å². The number of thiophene rings is 1. The first-order valence-electron chi connectivity index (χ1n) is 7.03. The van der Waals surface area contributed by atoms with Gasteiger partial charge in [-0.3, -0.25) is 4.79 Å². The predicted molar refractivity (Wildman–Crippen MR) is 87.3 cm³/mol. The van der Waals surface area contributed by atoms with E-state index in [1.54, 1.807) is 11.3 Å². The highest BCUT2D eigenvalue weighted by molar-refractivity contribution is 9.10. The van der Waals surface area contributed by atoms with E-state index in [0.29, 0.717) is 11.7 Å². The second kappa shape index (κ2) is 6.23. The van der Waals surface area contributed by atoms with Crippen LogP contribution in [0.5, 0.6) is 0 Å². The standard InChI is InChI=1S/C17H17BrOS/c18-15-8-9-20-17(15)11-14-10-13(6-7-16(14)19)12-4-2-1-3-5-12/h1-5,8-9,13-14H,6-7,10-11H2. The normalized spacial score (nSPS) is 22.9. The maximum absolute atomic E-state index is 12.2. The van der Waals surface area contributed by atoms with Crippen LogP contribution in [0.4, 0.5) is 0 Å². The van der Waals surface area contributed by atoms with E-state index >= 15 is 0 Å². The lowest BCUT2D eigenvalue weighted by molar-refractivity contribution is -0.124. The first-order chi connectivity index (χ1) is 9.74. The summed E-state index contributed by atoms with van der Waals surface area (Å²) in [5, 5.41) is 2.08. The van der Waals surface area contributed by atoms with Gasteiger partial charge in [0, 0.05) is 21.7 Å². The molecule has 0 spiro atoms. The summed E-state index contributed by atoms with van der Waals surface area (Å²) >= 11 is 5.32. The molecule has 2 unspecified atom stereocenters. The summed E-state index contributed by atoms with van der Waals surface area (Å²) in [7, 11) is 0. The van der Waals surface area contributed by atoms with E-state index in [4.69, 9.17) is 0 Å². The number of rotatable bonds is 3. The van der Waals surface area contributed by atoms with Crippen LogP contribution in [-0.4, -0.2) is 5.78 Å². The molecular formula is C17H17BrOS. The number of carbonyl (C=O) groups excluding carboxylic acids is 1. The summed E-state index contributed by atoms with van der Waals surface area (Å²) in [6, 6.07) is 12.7. The Labute approximate surface area is 132 Å². The molecule has 1 fully saturated rings. The van der Waals surface area contributed by atoms with Gasteiger partial charge in [-0.15, -0.1) is 11.3 Å². The van der Waals surface area contributed by atoms with Crippen molar-refractivity contribution in [1.82, 2.24) is 0 Å². The Bertz CT molecular complexity index is 590. The summed E-state index contributed by atoms with van der Waals surface area (Å²) in [5.41, 5.74) is 1.38. The number of ketones is 1. The molecule has 0 saturated heterocycles. The van der Waals surface area contributed by atoms with Gasteiger partial charge in [-0.2, -0.15) is 0 Å². The number of hydrogen-bond acceptors (Lipinski definition) is 2. The molecule has 0 aliphatic heterocycles. The molecule has 0 N–H and O–H groups in total. The van der Waals surface area contributed by atoms with E-state index in [1.807, 2.05) is 0 Å². The highest BCUT2D eigenvalue weighted by Gasteiger charge is 2.30. The molecule has 0 amide bonds. The third-order valence-electron chi connectivity index (χ3n) is 4.16. The highest BCUT2D eigenvalue weighted by Crippen LogP contribution is 2.37. The number of halogens is 1. The smallest absolute Gasteiger partial charge is 0.136 e. The van der Waals surface area contributed by atoms with Gasteiger partial charge in [0.05, 0.1) is 0 Å². The summed E-state index contributed by atoms with van der Waals surface area (Å²) in [5.74, 6) is 1.17. The van der Waals surface area contributed by atoms with Crippen LogP contribution in [0.2, 0.25) is 0 Å². The van der Waals surface area contributed by atoms with Gasteiger partial charge in [-0.05, 0) is 58.1 Å². The third kappa shape index (κ3) is 3.04. The van der Waals surface area contributed by atoms with Gasteiger partial charge >= 0.3 is 0 Å². The van der Waals surface area contributed by atoms with Gasteiger partial charge in [0.1, 0.15) is 5.78 Å². The molecule has 1 aromatic carbocycles. The molecule has 104 valence electrons. The summed E-state index contributed by atoms with van der Waals surface area (Å²) in [4.78, 5) is 13.5. The SMILES string of the molecule is O=C1CCC(c2ccccc2)CC1Cc1sccc1Br. The summed E-state index contributed by atoms with van der Waals surface area (Å²) in [6.07, 6.45) is 3.62. The van der Waals surface area contributed by atoms with Crippen LogP contribution in [0.3, 0.4) is 0 Å². The third-order valence-corrected chi connectivity index (χ3v) is 6.11. The zero-order chi connectivity index (χ0) is 13.9. The molecule has 2 aromatic rings. The van der Waals surface area contributed by atoms with E-state index in [9.17, 15) is 4.79 Å². The van der Waals surface area contributed by atoms with Crippen molar-refractivity contribution in [2.45, 2.75) is 31.6 Å². The fourth-order valence-corrected chi connectivity index (χ4v) is 4.63. The number of carbonyl (C=O) groups is 1. The van der Waals surface area contributed by atoms with Crippen molar-refractivity contribution in [2.75, 3.05) is 0 Å². The van der Waals surface area contributed by atoms with E-state index in [0.717, 1.165) is 30.2 Å². The minimum Gasteiger partial charge on any atom is -0.299 e. The van der Waals surface area contributed by atoms with Gasteiger partial charge in [0.2, 0.25) is 0 Å². The number of benzene rings is 1. The van der Waals surface area contributed by atoms with Crippen LogP contribution >= 0.6 is 27.3 Å². The van der Waals surface area contributed by atoms with Crippen molar-refractivity contribution < 1.29 is 4.79 Å². The fraction of sp³-hybridized carbons (Fsp3) is 0.353. The van der Waals surface area contributed by atoms with Crippen molar-refractivity contribution in [1.29, 1.82) is 0 Å². The zero-order valence-corrected chi connectivity index (χ0v) is 13.6. The molecule has 1 aromatic heterocycles. The maximum Gasteiger partial charge on any atom is 0.136 e. The Hall–Kier alpha value is -0.930. The monoisotopic (exact) mass is 348 g/mol. The minimum atomic E-state index is 0.184. The maximum atomic E-state index is 12.2. The Balaban J connectivity index is 1.74. The predicted octanol–water partition coefficient (Wildman–Crippen LogP) is 5.21. The first-order valence-corrected chi connectivity index (χ1v) is 8.71. The number of hydrogen-bond donors (Lipinski definition) is 0. The van der Waals surface area contributed by atoms with E-state index in [1.165, 1.54) is 10.4 Å². The second-order valence-corrected chi connectivity index (χ2v) is 7.30. The van der Waals surface area contributed by atoms with Gasteiger partial charge in [-0.25, -0.2) is 0 Å². The highest BCUT2D eigenvalue weighted by atomic mass is 79.9. The van der Waals surface area contributed by atoms with Crippen LogP contribution in [0.25, 0.3) is 0 Å². The molecule has 1 aliphatic carbocycles. The van der Waals surface area contributed by atoms with Gasteiger partial charge < -0.3 is 0 Å². The van der Waals surface area contributed by atoms with Crippen LogP contribution in [0.1, 0.15) is 35.6 Å². The average molecular weight is 349 g/mol. The zero-order valence-electron chi connectivity index (χ0n) is 11.2. The van der Waals surface area contributed by atoms with E-state index < -0.39 is 0 Å². The second-order valence-electron chi connectivity index (χ2n) is 5.44. The van der Waals surface area contributed by atoms with Crippen molar-refractivity contribution in [3.8, 4) is 0 Å². The quantitative estimate of drug-likeness (QED) is 0.744. The molecule has 1 aliphatic rings. The summed E-state index contributed by atoms with van der Waals surface area (Å²) < 4.78 is 1.15. The molecular weight excluding hydrogens is 332 g/mol. The van der Waals surface area contributed by atoms with Gasteiger partial charge in [0.15, 0.2) is 0 Å². The fourth-order valence-electron chi connectivity index (χ4n) is 3.03. The van der Waals surface area contributed by atoms with Crippen LogP contribution in [0.15, 0.2) is 46.3 Å². The largest absolute Gasteiger partial charge is 0.299 e. The van der Waals surface area contributed by atoms with Crippen LogP contribution in [0, 0.1) is 5.92 Å². The van der Waals surface area contributed by atoms with Gasteiger partial charge in [0.25, 0.3) is 0 Å². The molecule has 3 heteroatoms. The molecule has 2 atom stereocenters. The van der Waals surface area contributed by atoms with Crippen molar-refractivity contribution in [2.24, 2.45) is 5.92 Å². The summed E-state index contributed by atoms with van der Waals surface area (Å²) in [6.45, 7) is 0. The van der Waals surface area contributed by atoms with E-state index in [2.05, 4.69) is 57.7 Å².